The average Bonchev–Trinajstić information content (AvgIpc) is 2.25. The molecule has 0 spiro atoms. The van der Waals surface area contributed by atoms with E-state index in [-0.39, 0.29) is 6.03 Å². The van der Waals surface area contributed by atoms with E-state index >= 15 is 0 Å². The van der Waals surface area contributed by atoms with Crippen LogP contribution in [0.4, 0.5) is 4.79 Å². The van der Waals surface area contributed by atoms with Crippen LogP contribution in [-0.4, -0.2) is 22.5 Å². The minimum atomic E-state index is -0.184. The van der Waals surface area contributed by atoms with E-state index in [0.717, 1.165) is 0 Å². The van der Waals surface area contributed by atoms with Crippen molar-refractivity contribution >= 4 is 6.03 Å². The average molecular weight is 208 g/mol. The molecule has 15 heavy (non-hydrogen) atoms. The van der Waals surface area contributed by atoms with Crippen LogP contribution in [0.15, 0.2) is 18.5 Å². The lowest BCUT2D eigenvalue weighted by molar-refractivity contribution is 0.239. The molecule has 0 fully saturated rings. The lowest BCUT2D eigenvalue weighted by Gasteiger charge is -2.08. The van der Waals surface area contributed by atoms with Crippen molar-refractivity contribution in [2.24, 2.45) is 5.92 Å². The number of hydrogen-bond acceptors (Lipinski definition) is 3. The zero-order chi connectivity index (χ0) is 11.1. The first-order valence-corrected chi connectivity index (χ1v) is 4.96. The number of nitrogens with zero attached hydrogens (tertiary/aromatic N) is 2. The molecule has 0 aliphatic rings. The summed E-state index contributed by atoms with van der Waals surface area (Å²) in [4.78, 5) is 19.2. The highest BCUT2D eigenvalue weighted by Gasteiger charge is 2.01. The Labute approximate surface area is 89.3 Å². The molecule has 2 amide bonds. The second kappa shape index (κ2) is 5.95. The highest BCUT2D eigenvalue weighted by atomic mass is 16.2. The maximum atomic E-state index is 11.2. The van der Waals surface area contributed by atoms with Crippen molar-refractivity contribution in [3.05, 3.63) is 24.3 Å². The van der Waals surface area contributed by atoms with Gasteiger partial charge in [0, 0.05) is 18.9 Å². The third-order valence-electron chi connectivity index (χ3n) is 1.70. The molecule has 1 aromatic rings. The van der Waals surface area contributed by atoms with E-state index in [1.54, 1.807) is 18.5 Å². The predicted molar refractivity (Wildman–Crippen MR) is 57.1 cm³/mol. The van der Waals surface area contributed by atoms with E-state index in [9.17, 15) is 4.79 Å². The Bertz CT molecular complexity index is 300. The molecule has 1 rings (SSSR count). The van der Waals surface area contributed by atoms with Gasteiger partial charge in [-0.2, -0.15) is 0 Å². The van der Waals surface area contributed by atoms with Gasteiger partial charge >= 0.3 is 6.03 Å². The Morgan fingerprint density at radius 2 is 2.00 bits per heavy atom. The lowest BCUT2D eigenvalue weighted by Crippen LogP contribution is -2.37. The van der Waals surface area contributed by atoms with Crippen molar-refractivity contribution in [1.82, 2.24) is 20.6 Å². The maximum absolute atomic E-state index is 11.2. The maximum Gasteiger partial charge on any atom is 0.315 e. The van der Waals surface area contributed by atoms with Gasteiger partial charge in [-0.15, -0.1) is 0 Å². The third-order valence-corrected chi connectivity index (χ3v) is 1.70. The molecule has 0 unspecified atom stereocenters. The zero-order valence-electron chi connectivity index (χ0n) is 9.03. The smallest absolute Gasteiger partial charge is 0.315 e. The minimum absolute atomic E-state index is 0.184. The molecule has 0 bridgehead atoms. The van der Waals surface area contributed by atoms with E-state index < -0.39 is 0 Å². The first-order valence-electron chi connectivity index (χ1n) is 4.96. The summed E-state index contributed by atoms with van der Waals surface area (Å²) in [6, 6.07) is 1.55. The van der Waals surface area contributed by atoms with Gasteiger partial charge in [0.15, 0.2) is 0 Å². The lowest BCUT2D eigenvalue weighted by atomic mass is 10.2. The van der Waals surface area contributed by atoms with Crippen LogP contribution in [0.1, 0.15) is 19.7 Å². The molecule has 5 heteroatoms. The Morgan fingerprint density at radius 3 is 2.60 bits per heavy atom. The fourth-order valence-corrected chi connectivity index (χ4v) is 0.940. The van der Waals surface area contributed by atoms with Crippen molar-refractivity contribution in [1.29, 1.82) is 0 Å². The fourth-order valence-electron chi connectivity index (χ4n) is 0.940. The summed E-state index contributed by atoms with van der Waals surface area (Å²) in [5, 5.41) is 5.43. The number of nitrogens with one attached hydrogen (secondary N) is 2. The molecule has 1 aromatic heterocycles. The molecule has 0 saturated heterocycles. The van der Waals surface area contributed by atoms with Crippen LogP contribution in [0.3, 0.4) is 0 Å². The second-order valence-electron chi connectivity index (χ2n) is 3.62. The molecule has 0 radical (unpaired) electrons. The summed E-state index contributed by atoms with van der Waals surface area (Å²) in [6.07, 6.45) is 3.30. The molecule has 1 heterocycles. The van der Waals surface area contributed by atoms with E-state index in [4.69, 9.17) is 0 Å². The summed E-state index contributed by atoms with van der Waals surface area (Å²) in [5.41, 5.74) is 0. The molecule has 2 N–H and O–H groups in total. The molecule has 0 aliphatic carbocycles. The van der Waals surface area contributed by atoms with Crippen LogP contribution in [0.5, 0.6) is 0 Å². The van der Waals surface area contributed by atoms with E-state index in [1.807, 2.05) is 13.8 Å². The first kappa shape index (κ1) is 11.4. The van der Waals surface area contributed by atoms with Crippen molar-refractivity contribution < 1.29 is 4.79 Å². The molecule has 0 aliphatic heterocycles. The van der Waals surface area contributed by atoms with E-state index in [2.05, 4.69) is 20.6 Å². The standard InChI is InChI=1S/C10H16N4O/c1-8(2)6-13-10(15)14-7-9-11-4-3-5-12-9/h3-5,8H,6-7H2,1-2H3,(H2,13,14,15). The van der Waals surface area contributed by atoms with Crippen molar-refractivity contribution in [3.63, 3.8) is 0 Å². The highest BCUT2D eigenvalue weighted by Crippen LogP contribution is 1.88. The van der Waals surface area contributed by atoms with Crippen LogP contribution in [0, 0.1) is 5.92 Å². The van der Waals surface area contributed by atoms with Gasteiger partial charge in [-0.25, -0.2) is 14.8 Å². The third kappa shape index (κ3) is 4.95. The Hall–Kier alpha value is -1.65. The quantitative estimate of drug-likeness (QED) is 0.773. The van der Waals surface area contributed by atoms with Gasteiger partial charge < -0.3 is 10.6 Å². The summed E-state index contributed by atoms with van der Waals surface area (Å²) >= 11 is 0. The normalized spacial score (nSPS) is 10.1. The summed E-state index contributed by atoms with van der Waals surface area (Å²) in [7, 11) is 0. The minimum Gasteiger partial charge on any atom is -0.338 e. The second-order valence-corrected chi connectivity index (χ2v) is 3.62. The summed E-state index contributed by atoms with van der Waals surface area (Å²) in [5.74, 6) is 1.06. The van der Waals surface area contributed by atoms with Gasteiger partial charge in [0.1, 0.15) is 5.82 Å². The topological polar surface area (TPSA) is 66.9 Å². The predicted octanol–water partition coefficient (Wildman–Crippen LogP) is 0.932. The van der Waals surface area contributed by atoms with Crippen LogP contribution in [0.2, 0.25) is 0 Å². The Balaban J connectivity index is 2.23. The van der Waals surface area contributed by atoms with Gasteiger partial charge in [-0.3, -0.25) is 0 Å². The zero-order valence-corrected chi connectivity index (χ0v) is 9.03. The van der Waals surface area contributed by atoms with Gasteiger partial charge in [-0.1, -0.05) is 13.8 Å². The van der Waals surface area contributed by atoms with E-state index in [0.29, 0.717) is 24.8 Å². The number of hydrogen-bond donors (Lipinski definition) is 2. The molecule has 0 atom stereocenters. The fraction of sp³-hybridized carbons (Fsp3) is 0.500. The van der Waals surface area contributed by atoms with Gasteiger partial charge in [0.25, 0.3) is 0 Å². The Morgan fingerprint density at radius 1 is 1.33 bits per heavy atom. The molecule has 5 nitrogen and oxygen atoms in total. The van der Waals surface area contributed by atoms with Gasteiger partial charge in [0.05, 0.1) is 6.54 Å². The van der Waals surface area contributed by atoms with Gasteiger partial charge in [0.2, 0.25) is 0 Å². The summed E-state index contributed by atoms with van der Waals surface area (Å²) < 4.78 is 0. The molecular weight excluding hydrogens is 192 g/mol. The van der Waals surface area contributed by atoms with Crippen LogP contribution in [0.25, 0.3) is 0 Å². The number of rotatable bonds is 4. The first-order chi connectivity index (χ1) is 7.18. The number of amides is 2. The Kier molecular flexibility index (Phi) is 4.53. The number of urea groups is 1. The van der Waals surface area contributed by atoms with Gasteiger partial charge in [-0.05, 0) is 12.0 Å². The molecule has 0 aromatic carbocycles. The highest BCUT2D eigenvalue weighted by molar-refractivity contribution is 5.73. The molecule has 0 saturated carbocycles. The molecular formula is C10H16N4O. The number of carbonyl (C=O) groups excluding carboxylic acids is 1. The number of carbonyl (C=O) groups is 1. The molecule has 82 valence electrons. The van der Waals surface area contributed by atoms with Crippen molar-refractivity contribution in [2.75, 3.05) is 6.54 Å². The van der Waals surface area contributed by atoms with Crippen LogP contribution >= 0.6 is 0 Å². The van der Waals surface area contributed by atoms with Crippen molar-refractivity contribution in [3.8, 4) is 0 Å². The van der Waals surface area contributed by atoms with E-state index in [1.165, 1.54) is 0 Å². The largest absolute Gasteiger partial charge is 0.338 e. The monoisotopic (exact) mass is 208 g/mol. The summed E-state index contributed by atoms with van der Waals surface area (Å²) in [6.45, 7) is 5.10. The van der Waals surface area contributed by atoms with Crippen LogP contribution in [-0.2, 0) is 6.54 Å². The van der Waals surface area contributed by atoms with Crippen molar-refractivity contribution in [2.45, 2.75) is 20.4 Å². The number of aromatic nitrogens is 2. The SMILES string of the molecule is CC(C)CNC(=O)NCc1ncccn1. The van der Waals surface area contributed by atoms with Crippen LogP contribution < -0.4 is 10.6 Å².